The first-order chi connectivity index (χ1) is 9.67. The Morgan fingerprint density at radius 2 is 1.80 bits per heavy atom. The molecule has 5 heteroatoms. The molecule has 0 atom stereocenters. The maximum Gasteiger partial charge on any atom is 0.335 e. The molecule has 1 aromatic carbocycles. The lowest BCUT2D eigenvalue weighted by molar-refractivity contribution is -0.123. The molecule has 0 amide bonds. The summed E-state index contributed by atoms with van der Waals surface area (Å²) in [6, 6.07) is 9.36. The first kappa shape index (κ1) is 16.9. The standard InChI is InChI=1S/C15H24O4Si/c1-3-18-14(19-4-2)11-20-10-9-12-5-7-13(8-6-12)15(16)17/h5-8,14H,3-4,9-11,20H2,1-2H3,(H,16,17). The summed E-state index contributed by atoms with van der Waals surface area (Å²) in [6.07, 6.45) is 0.975. The smallest absolute Gasteiger partial charge is 0.335 e. The Kier molecular flexibility index (Phi) is 8.18. The lowest BCUT2D eigenvalue weighted by atomic mass is 10.1. The molecule has 112 valence electrons. The zero-order chi connectivity index (χ0) is 14.8. The summed E-state index contributed by atoms with van der Waals surface area (Å²) in [5.74, 6) is -0.873. The van der Waals surface area contributed by atoms with Gasteiger partial charge in [-0.3, -0.25) is 0 Å². The Bertz CT molecular complexity index is 385. The molecule has 4 nitrogen and oxygen atoms in total. The number of rotatable bonds is 10. The summed E-state index contributed by atoms with van der Waals surface area (Å²) in [6.45, 7) is 5.35. The van der Waals surface area contributed by atoms with Crippen LogP contribution in [0.25, 0.3) is 0 Å². The number of hydrogen-bond donors (Lipinski definition) is 1. The molecule has 0 spiro atoms. The van der Waals surface area contributed by atoms with Gasteiger partial charge < -0.3 is 14.6 Å². The van der Waals surface area contributed by atoms with E-state index in [-0.39, 0.29) is 15.8 Å². The van der Waals surface area contributed by atoms with Crippen LogP contribution in [0.4, 0.5) is 0 Å². The van der Waals surface area contributed by atoms with E-state index < -0.39 is 5.97 Å². The minimum Gasteiger partial charge on any atom is -0.478 e. The molecule has 0 fully saturated rings. The number of aromatic carboxylic acids is 1. The largest absolute Gasteiger partial charge is 0.478 e. The summed E-state index contributed by atoms with van der Waals surface area (Å²) in [5.41, 5.74) is 1.55. The van der Waals surface area contributed by atoms with Gasteiger partial charge in [-0.1, -0.05) is 18.2 Å². The Labute approximate surface area is 122 Å². The van der Waals surface area contributed by atoms with E-state index in [1.54, 1.807) is 12.1 Å². The van der Waals surface area contributed by atoms with Crippen LogP contribution in [0.1, 0.15) is 29.8 Å². The van der Waals surface area contributed by atoms with E-state index in [1.165, 1.54) is 11.6 Å². The van der Waals surface area contributed by atoms with Crippen molar-refractivity contribution in [3.8, 4) is 0 Å². The SMILES string of the molecule is CCOC(C[SiH2]CCc1ccc(C(=O)O)cc1)OCC. The van der Waals surface area contributed by atoms with Gasteiger partial charge in [0.05, 0.1) is 5.56 Å². The quantitative estimate of drug-likeness (QED) is 0.409. The van der Waals surface area contributed by atoms with Crippen molar-refractivity contribution in [1.82, 2.24) is 0 Å². The van der Waals surface area contributed by atoms with E-state index in [4.69, 9.17) is 14.6 Å². The highest BCUT2D eigenvalue weighted by molar-refractivity contribution is 6.35. The van der Waals surface area contributed by atoms with Crippen LogP contribution in [0.15, 0.2) is 24.3 Å². The second-order valence-electron chi connectivity index (χ2n) is 4.59. The average Bonchev–Trinajstić information content (AvgIpc) is 2.44. The van der Waals surface area contributed by atoms with Crippen molar-refractivity contribution in [1.29, 1.82) is 0 Å². The van der Waals surface area contributed by atoms with Crippen molar-refractivity contribution in [3.05, 3.63) is 35.4 Å². The van der Waals surface area contributed by atoms with Gasteiger partial charge in [0.1, 0.15) is 0 Å². The number of carboxylic acid groups (broad SMARTS) is 1. The van der Waals surface area contributed by atoms with Crippen molar-refractivity contribution < 1.29 is 19.4 Å². The average molecular weight is 296 g/mol. The molecule has 1 aromatic rings. The van der Waals surface area contributed by atoms with Crippen LogP contribution in [-0.4, -0.2) is 40.1 Å². The fraction of sp³-hybridized carbons (Fsp3) is 0.533. The molecule has 0 aromatic heterocycles. The lowest BCUT2D eigenvalue weighted by Gasteiger charge is -2.16. The lowest BCUT2D eigenvalue weighted by Crippen LogP contribution is -2.19. The third-order valence-corrected chi connectivity index (χ3v) is 4.79. The maximum atomic E-state index is 10.7. The molecule has 0 unspecified atom stereocenters. The van der Waals surface area contributed by atoms with Gasteiger partial charge in [-0.15, -0.1) is 0 Å². The summed E-state index contributed by atoms with van der Waals surface area (Å²) >= 11 is 0. The molecule has 0 aliphatic heterocycles. The van der Waals surface area contributed by atoms with E-state index in [2.05, 4.69) is 0 Å². The fourth-order valence-electron chi connectivity index (χ4n) is 2.04. The second kappa shape index (κ2) is 9.69. The summed E-state index contributed by atoms with van der Waals surface area (Å²) < 4.78 is 11.0. The maximum absolute atomic E-state index is 10.7. The number of carboxylic acids is 1. The Morgan fingerprint density at radius 1 is 1.20 bits per heavy atom. The highest BCUT2D eigenvalue weighted by Crippen LogP contribution is 2.09. The van der Waals surface area contributed by atoms with Crippen molar-refractivity contribution >= 4 is 15.5 Å². The van der Waals surface area contributed by atoms with E-state index >= 15 is 0 Å². The Morgan fingerprint density at radius 3 is 2.30 bits per heavy atom. The van der Waals surface area contributed by atoms with Gasteiger partial charge in [-0.05, 0) is 44.0 Å². The van der Waals surface area contributed by atoms with Gasteiger partial charge in [0.2, 0.25) is 0 Å². The minimum atomic E-state index is -0.873. The van der Waals surface area contributed by atoms with Gasteiger partial charge in [-0.2, -0.15) is 0 Å². The van der Waals surface area contributed by atoms with Gasteiger partial charge in [0.25, 0.3) is 0 Å². The third kappa shape index (κ3) is 6.32. The van der Waals surface area contributed by atoms with Crippen molar-refractivity contribution in [2.45, 2.75) is 38.6 Å². The molecule has 0 saturated heterocycles. The zero-order valence-electron chi connectivity index (χ0n) is 12.3. The van der Waals surface area contributed by atoms with E-state index in [0.29, 0.717) is 18.8 Å². The topological polar surface area (TPSA) is 55.8 Å². The molecular weight excluding hydrogens is 272 g/mol. The molecule has 0 bridgehead atoms. The van der Waals surface area contributed by atoms with Gasteiger partial charge >= 0.3 is 5.97 Å². The predicted molar refractivity (Wildman–Crippen MR) is 82.3 cm³/mol. The molecule has 1 rings (SSSR count). The number of hydrogen-bond acceptors (Lipinski definition) is 3. The number of aryl methyl sites for hydroxylation is 1. The first-order valence-corrected chi connectivity index (χ1v) is 9.22. The van der Waals surface area contributed by atoms with E-state index in [1.807, 2.05) is 26.0 Å². The monoisotopic (exact) mass is 296 g/mol. The molecule has 1 N–H and O–H groups in total. The van der Waals surface area contributed by atoms with Crippen molar-refractivity contribution in [3.63, 3.8) is 0 Å². The minimum absolute atomic E-state index is 0.0361. The van der Waals surface area contributed by atoms with Crippen LogP contribution >= 0.6 is 0 Å². The summed E-state index contributed by atoms with van der Waals surface area (Å²) in [4.78, 5) is 10.7. The van der Waals surface area contributed by atoms with Crippen LogP contribution in [0, 0.1) is 0 Å². The fourth-order valence-corrected chi connectivity index (χ4v) is 3.65. The molecule has 0 aliphatic carbocycles. The first-order valence-electron chi connectivity index (χ1n) is 7.22. The van der Waals surface area contributed by atoms with Crippen LogP contribution < -0.4 is 0 Å². The molecule has 0 heterocycles. The van der Waals surface area contributed by atoms with Gasteiger partial charge in [0.15, 0.2) is 6.29 Å². The zero-order valence-corrected chi connectivity index (χ0v) is 13.7. The van der Waals surface area contributed by atoms with Crippen molar-refractivity contribution in [2.75, 3.05) is 13.2 Å². The Hall–Kier alpha value is -1.17. The number of ether oxygens (including phenoxy) is 2. The molecule has 0 aliphatic rings. The summed E-state index contributed by atoms with van der Waals surface area (Å²) in [7, 11) is -0.212. The summed E-state index contributed by atoms with van der Waals surface area (Å²) in [5, 5.41) is 8.83. The van der Waals surface area contributed by atoms with Gasteiger partial charge in [-0.25, -0.2) is 4.79 Å². The number of carbonyl (C=O) groups is 1. The highest BCUT2D eigenvalue weighted by atomic mass is 28.2. The predicted octanol–water partition coefficient (Wildman–Crippen LogP) is 2.33. The molecular formula is C15H24O4Si. The van der Waals surface area contributed by atoms with Crippen LogP contribution in [0.3, 0.4) is 0 Å². The second-order valence-corrected chi connectivity index (χ2v) is 6.58. The molecule has 20 heavy (non-hydrogen) atoms. The van der Waals surface area contributed by atoms with Crippen LogP contribution in [0.2, 0.25) is 12.1 Å². The van der Waals surface area contributed by atoms with E-state index in [0.717, 1.165) is 12.5 Å². The van der Waals surface area contributed by atoms with E-state index in [9.17, 15) is 4.79 Å². The van der Waals surface area contributed by atoms with Crippen LogP contribution in [-0.2, 0) is 15.9 Å². The normalized spacial score (nSPS) is 11.6. The van der Waals surface area contributed by atoms with Crippen molar-refractivity contribution in [2.24, 2.45) is 0 Å². The third-order valence-electron chi connectivity index (χ3n) is 3.06. The highest BCUT2D eigenvalue weighted by Gasteiger charge is 2.07. The van der Waals surface area contributed by atoms with Crippen LogP contribution in [0.5, 0.6) is 0 Å². The Balaban J connectivity index is 2.27. The molecule has 0 radical (unpaired) electrons. The molecule has 0 saturated carbocycles. The number of benzene rings is 1. The van der Waals surface area contributed by atoms with Gasteiger partial charge in [0, 0.05) is 22.7 Å².